The van der Waals surface area contributed by atoms with Crippen molar-refractivity contribution in [2.75, 3.05) is 26.7 Å². The Hall–Kier alpha value is -0.770. The van der Waals surface area contributed by atoms with Crippen LogP contribution in [0.2, 0.25) is 0 Å². The van der Waals surface area contributed by atoms with Crippen molar-refractivity contribution in [3.8, 4) is 0 Å². The molecule has 8 heteroatoms. The maximum Gasteiger partial charge on any atom is 0.410 e. The molecule has 0 bridgehead atoms. The first kappa shape index (κ1) is 22.9. The molecule has 2 N–H and O–H groups in total. The fourth-order valence-corrected chi connectivity index (χ4v) is 5.55. The molecule has 1 spiro atoms. The predicted octanol–water partition coefficient (Wildman–Crippen LogP) is 3.13. The normalized spacial score (nSPS) is 33.1. The number of aliphatic imine (C=N–C) groups is 1. The molecule has 7 nitrogen and oxygen atoms in total. The molecule has 2 aliphatic heterocycles. The molecule has 166 valence electrons. The van der Waals surface area contributed by atoms with Gasteiger partial charge in [0.25, 0.3) is 0 Å². The number of hydrogen-bond donors (Lipinski definition) is 2. The summed E-state index contributed by atoms with van der Waals surface area (Å²) in [7, 11) is 1.83. The maximum absolute atomic E-state index is 12.4. The summed E-state index contributed by atoms with van der Waals surface area (Å²) in [6.45, 7) is 8.03. The van der Waals surface area contributed by atoms with Gasteiger partial charge in [-0.05, 0) is 52.9 Å². The number of piperidine rings is 1. The van der Waals surface area contributed by atoms with Gasteiger partial charge < -0.3 is 25.0 Å². The predicted molar refractivity (Wildman–Crippen MR) is 124 cm³/mol. The molecule has 4 aliphatic rings. The number of carbonyl (C=O) groups excluding carboxylic acids is 1. The van der Waals surface area contributed by atoms with Crippen LogP contribution in [0.15, 0.2) is 4.99 Å². The van der Waals surface area contributed by atoms with Crippen molar-refractivity contribution < 1.29 is 14.3 Å². The van der Waals surface area contributed by atoms with Crippen LogP contribution in [-0.4, -0.2) is 67.5 Å². The summed E-state index contributed by atoms with van der Waals surface area (Å²) in [5.74, 6) is 1.47. The van der Waals surface area contributed by atoms with Gasteiger partial charge in [0.15, 0.2) is 5.96 Å². The van der Waals surface area contributed by atoms with Crippen LogP contribution in [-0.2, 0) is 9.47 Å². The number of hydrogen-bond acceptors (Lipinski definition) is 4. The van der Waals surface area contributed by atoms with Gasteiger partial charge in [-0.15, -0.1) is 24.0 Å². The third-order valence-electron chi connectivity index (χ3n) is 6.97. The van der Waals surface area contributed by atoms with Crippen LogP contribution in [0, 0.1) is 11.3 Å². The molecule has 4 rings (SSSR count). The van der Waals surface area contributed by atoms with E-state index >= 15 is 0 Å². The largest absolute Gasteiger partial charge is 0.444 e. The second-order valence-electron chi connectivity index (χ2n) is 9.93. The SMILES string of the molecule is CN=C(NC1CCCN(C(=O)OC(C)(C)C)C1)NC1C2CCOC2C12CCC2.I. The van der Waals surface area contributed by atoms with Gasteiger partial charge >= 0.3 is 6.09 Å². The fourth-order valence-electron chi connectivity index (χ4n) is 5.55. The molecule has 0 radical (unpaired) electrons. The number of rotatable bonds is 2. The summed E-state index contributed by atoms with van der Waals surface area (Å²) in [6.07, 6.45) is 7.22. The molecule has 2 saturated carbocycles. The van der Waals surface area contributed by atoms with Gasteiger partial charge in [0.1, 0.15) is 5.60 Å². The Balaban J connectivity index is 0.00000240. The molecule has 2 aliphatic carbocycles. The number of halogens is 1. The summed E-state index contributed by atoms with van der Waals surface area (Å²) >= 11 is 0. The van der Waals surface area contributed by atoms with E-state index in [9.17, 15) is 4.79 Å². The first-order chi connectivity index (χ1) is 13.3. The second-order valence-corrected chi connectivity index (χ2v) is 9.93. The molecule has 2 heterocycles. The Morgan fingerprint density at radius 3 is 2.59 bits per heavy atom. The Bertz CT molecular complexity index is 632. The van der Waals surface area contributed by atoms with E-state index in [1.807, 2.05) is 32.7 Å². The molecule has 2 saturated heterocycles. The Kier molecular flexibility index (Phi) is 6.92. The lowest BCUT2D eigenvalue weighted by Crippen LogP contribution is -2.73. The van der Waals surface area contributed by atoms with Crippen molar-refractivity contribution in [2.24, 2.45) is 16.3 Å². The highest BCUT2D eigenvalue weighted by Crippen LogP contribution is 2.62. The van der Waals surface area contributed by atoms with Crippen LogP contribution in [0.4, 0.5) is 4.79 Å². The number of amides is 1. The van der Waals surface area contributed by atoms with Crippen LogP contribution in [0.25, 0.3) is 0 Å². The van der Waals surface area contributed by atoms with Crippen molar-refractivity contribution in [3.05, 3.63) is 0 Å². The summed E-state index contributed by atoms with van der Waals surface area (Å²) in [5.41, 5.74) is -0.135. The molecule has 4 atom stereocenters. The van der Waals surface area contributed by atoms with E-state index in [2.05, 4.69) is 15.6 Å². The third-order valence-corrected chi connectivity index (χ3v) is 6.97. The topological polar surface area (TPSA) is 75.2 Å². The Labute approximate surface area is 191 Å². The molecule has 0 aromatic rings. The quantitative estimate of drug-likeness (QED) is 0.333. The summed E-state index contributed by atoms with van der Waals surface area (Å²) in [6, 6.07) is 0.658. The van der Waals surface area contributed by atoms with E-state index in [0.717, 1.165) is 38.4 Å². The molecular formula is C21H37IN4O3. The molecular weight excluding hydrogens is 483 g/mol. The lowest BCUT2D eigenvalue weighted by atomic mass is 9.46. The van der Waals surface area contributed by atoms with Crippen molar-refractivity contribution in [1.29, 1.82) is 0 Å². The Morgan fingerprint density at radius 1 is 1.21 bits per heavy atom. The molecule has 0 aromatic carbocycles. The highest BCUT2D eigenvalue weighted by molar-refractivity contribution is 14.0. The summed E-state index contributed by atoms with van der Waals surface area (Å²) in [4.78, 5) is 18.7. The smallest absolute Gasteiger partial charge is 0.410 e. The van der Waals surface area contributed by atoms with Gasteiger partial charge in [0, 0.05) is 50.2 Å². The van der Waals surface area contributed by atoms with Gasteiger partial charge in [-0.1, -0.05) is 6.42 Å². The molecule has 1 amide bonds. The van der Waals surface area contributed by atoms with Gasteiger partial charge in [0.05, 0.1) is 6.10 Å². The second kappa shape index (κ2) is 8.77. The molecule has 29 heavy (non-hydrogen) atoms. The lowest BCUT2D eigenvalue weighted by molar-refractivity contribution is -0.171. The number of fused-ring (bicyclic) bond motifs is 2. The van der Waals surface area contributed by atoms with Gasteiger partial charge in [-0.2, -0.15) is 0 Å². The van der Waals surface area contributed by atoms with E-state index < -0.39 is 5.60 Å². The van der Waals surface area contributed by atoms with Crippen LogP contribution in [0.3, 0.4) is 0 Å². The number of nitrogens with zero attached hydrogens (tertiary/aromatic N) is 2. The molecule has 4 fully saturated rings. The first-order valence-electron chi connectivity index (χ1n) is 10.9. The number of guanidine groups is 1. The highest BCUT2D eigenvalue weighted by Gasteiger charge is 2.66. The first-order valence-corrected chi connectivity index (χ1v) is 10.9. The van der Waals surface area contributed by atoms with Crippen molar-refractivity contribution >= 4 is 36.0 Å². The summed E-state index contributed by atoms with van der Waals surface area (Å²) < 4.78 is 11.6. The van der Waals surface area contributed by atoms with E-state index in [0.29, 0.717) is 30.0 Å². The fraction of sp³-hybridized carbons (Fsp3) is 0.905. The van der Waals surface area contributed by atoms with E-state index in [4.69, 9.17) is 9.47 Å². The van der Waals surface area contributed by atoms with Crippen LogP contribution >= 0.6 is 24.0 Å². The number of nitrogens with one attached hydrogen (secondary N) is 2. The highest BCUT2D eigenvalue weighted by atomic mass is 127. The zero-order valence-electron chi connectivity index (χ0n) is 18.2. The summed E-state index contributed by atoms with van der Waals surface area (Å²) in [5, 5.41) is 7.29. The van der Waals surface area contributed by atoms with Crippen molar-refractivity contribution in [1.82, 2.24) is 15.5 Å². The minimum atomic E-state index is -0.462. The Morgan fingerprint density at radius 2 is 1.97 bits per heavy atom. The minimum Gasteiger partial charge on any atom is -0.444 e. The lowest BCUT2D eigenvalue weighted by Gasteiger charge is -2.63. The average molecular weight is 520 g/mol. The third kappa shape index (κ3) is 4.48. The zero-order chi connectivity index (χ0) is 19.9. The number of carbonyl (C=O) groups is 1. The van der Waals surface area contributed by atoms with Crippen molar-refractivity contribution in [2.45, 2.75) is 83.1 Å². The average Bonchev–Trinajstić information content (AvgIpc) is 3.01. The number of ether oxygens (including phenoxy) is 2. The van der Waals surface area contributed by atoms with Gasteiger partial charge in [-0.25, -0.2) is 4.79 Å². The monoisotopic (exact) mass is 520 g/mol. The van der Waals surface area contributed by atoms with Crippen molar-refractivity contribution in [3.63, 3.8) is 0 Å². The van der Waals surface area contributed by atoms with E-state index in [1.165, 1.54) is 19.3 Å². The molecule has 4 unspecified atom stereocenters. The van der Waals surface area contributed by atoms with E-state index in [-0.39, 0.29) is 36.1 Å². The maximum atomic E-state index is 12.4. The van der Waals surface area contributed by atoms with Crippen LogP contribution < -0.4 is 10.6 Å². The van der Waals surface area contributed by atoms with Crippen LogP contribution in [0.5, 0.6) is 0 Å². The van der Waals surface area contributed by atoms with Gasteiger partial charge in [0.2, 0.25) is 0 Å². The standard InChI is InChI=1S/C21H36N4O3.HI/c1-20(2,3)28-19(26)25-11-5-7-14(13-25)23-18(22-4)24-16-15-8-12-27-17(15)21(16)9-6-10-21;/h14-17H,5-13H2,1-4H3,(H2,22,23,24);1H. The zero-order valence-corrected chi connectivity index (χ0v) is 20.5. The van der Waals surface area contributed by atoms with Gasteiger partial charge in [-0.3, -0.25) is 4.99 Å². The molecule has 0 aromatic heterocycles. The van der Waals surface area contributed by atoms with Crippen LogP contribution in [0.1, 0.15) is 59.3 Å². The minimum absolute atomic E-state index is 0. The number of likely N-dealkylation sites (tertiary alicyclic amines) is 1. The van der Waals surface area contributed by atoms with E-state index in [1.54, 1.807) is 0 Å².